The number of ether oxygens (including phenoxy) is 3. The summed E-state index contributed by atoms with van der Waals surface area (Å²) in [7, 11) is 1.64. The number of rotatable bonds is 6. The van der Waals surface area contributed by atoms with Crippen molar-refractivity contribution in [2.45, 2.75) is 64.0 Å². The number of hydrogen-bond donors (Lipinski definition) is 2. The van der Waals surface area contributed by atoms with Crippen LogP contribution in [-0.4, -0.2) is 67.7 Å². The Morgan fingerprint density at radius 3 is 2.91 bits per heavy atom. The number of aromatic amines is 1. The maximum atomic E-state index is 12.6. The minimum atomic E-state index is -0.274. The zero-order valence-corrected chi connectivity index (χ0v) is 19.0. The van der Waals surface area contributed by atoms with Crippen molar-refractivity contribution in [1.82, 2.24) is 29.7 Å². The number of fused-ring (bicyclic) bond motifs is 1. The summed E-state index contributed by atoms with van der Waals surface area (Å²) < 4.78 is 18.6. The Hall–Kier alpha value is -3.18. The normalized spacial score (nSPS) is 25.1. The second kappa shape index (κ2) is 8.99. The van der Waals surface area contributed by atoms with E-state index in [1.807, 2.05) is 17.0 Å². The highest BCUT2D eigenvalue weighted by atomic mass is 16.6. The third-order valence-corrected chi connectivity index (χ3v) is 6.31. The average molecular weight is 456 g/mol. The van der Waals surface area contributed by atoms with E-state index in [0.29, 0.717) is 31.3 Å². The molecule has 3 aromatic heterocycles. The van der Waals surface area contributed by atoms with Gasteiger partial charge in [-0.05, 0) is 32.8 Å². The molecule has 0 unspecified atom stereocenters. The molecule has 11 heteroatoms. The number of nitrogens with zero attached hydrogens (tertiary/aromatic N) is 5. The van der Waals surface area contributed by atoms with Gasteiger partial charge >= 0.3 is 6.09 Å². The molecule has 2 fully saturated rings. The van der Waals surface area contributed by atoms with Gasteiger partial charge in [0, 0.05) is 44.1 Å². The van der Waals surface area contributed by atoms with Crippen LogP contribution < -0.4 is 5.32 Å². The van der Waals surface area contributed by atoms with Gasteiger partial charge < -0.3 is 24.4 Å². The molecule has 0 saturated carbocycles. The maximum absolute atomic E-state index is 12.6. The van der Waals surface area contributed by atoms with Gasteiger partial charge in [-0.2, -0.15) is 10.2 Å². The zero-order valence-electron chi connectivity index (χ0n) is 19.0. The highest BCUT2D eigenvalue weighted by molar-refractivity contribution is 5.72. The molecule has 176 valence electrons. The van der Waals surface area contributed by atoms with Crippen LogP contribution in [0.3, 0.4) is 0 Å². The van der Waals surface area contributed by atoms with E-state index >= 15 is 0 Å². The summed E-state index contributed by atoms with van der Waals surface area (Å²) in [6.45, 7) is 4.92. The van der Waals surface area contributed by atoms with E-state index in [-0.39, 0.29) is 30.4 Å². The summed E-state index contributed by atoms with van der Waals surface area (Å²) >= 11 is 0. The van der Waals surface area contributed by atoms with Gasteiger partial charge in [-0.3, -0.25) is 5.10 Å². The third-order valence-electron chi connectivity index (χ3n) is 6.31. The second-order valence-electron chi connectivity index (χ2n) is 8.75. The first kappa shape index (κ1) is 21.7. The van der Waals surface area contributed by atoms with E-state index in [9.17, 15) is 4.79 Å². The molecule has 0 bridgehead atoms. The van der Waals surface area contributed by atoms with Gasteiger partial charge in [-0.15, -0.1) is 0 Å². The van der Waals surface area contributed by atoms with Gasteiger partial charge in [0.15, 0.2) is 11.6 Å². The molecule has 5 heterocycles. The van der Waals surface area contributed by atoms with Crippen LogP contribution in [0.1, 0.15) is 50.6 Å². The number of H-pyrrole nitrogens is 1. The lowest BCUT2D eigenvalue weighted by Crippen LogP contribution is -2.40. The molecule has 5 rings (SSSR count). The van der Waals surface area contributed by atoms with Crippen molar-refractivity contribution in [3.63, 3.8) is 0 Å². The largest absolute Gasteiger partial charge is 0.444 e. The minimum absolute atomic E-state index is 0.214. The number of carbonyl (C=O) groups excluding carboxylic acids is 1. The lowest BCUT2D eigenvalue weighted by atomic mass is 10.1. The number of hydrogen-bond acceptors (Lipinski definition) is 8. The van der Waals surface area contributed by atoms with Gasteiger partial charge in [0.05, 0.1) is 24.6 Å². The first-order valence-corrected chi connectivity index (χ1v) is 11.3. The molecule has 0 radical (unpaired) electrons. The van der Waals surface area contributed by atoms with Crippen molar-refractivity contribution in [3.8, 4) is 0 Å². The Morgan fingerprint density at radius 2 is 2.12 bits per heavy atom. The van der Waals surface area contributed by atoms with Gasteiger partial charge in [-0.1, -0.05) is 0 Å². The number of aromatic nitrogens is 5. The van der Waals surface area contributed by atoms with Crippen molar-refractivity contribution in [2.75, 3.05) is 19.0 Å². The van der Waals surface area contributed by atoms with Crippen LogP contribution in [0.25, 0.3) is 5.52 Å². The Kier molecular flexibility index (Phi) is 5.90. The fourth-order valence-electron chi connectivity index (χ4n) is 4.63. The molecule has 0 spiro atoms. The van der Waals surface area contributed by atoms with Crippen molar-refractivity contribution in [3.05, 3.63) is 35.9 Å². The summed E-state index contributed by atoms with van der Waals surface area (Å²) in [5.41, 5.74) is 2.46. The summed E-state index contributed by atoms with van der Waals surface area (Å²) in [6, 6.07) is 4.24. The highest BCUT2D eigenvalue weighted by Gasteiger charge is 2.36. The molecule has 4 atom stereocenters. The quantitative estimate of drug-likeness (QED) is 0.582. The molecular formula is C22H29N7O4. The molecule has 11 nitrogen and oxygen atoms in total. The van der Waals surface area contributed by atoms with Crippen molar-refractivity contribution in [1.29, 1.82) is 0 Å². The summed E-state index contributed by atoms with van der Waals surface area (Å²) in [5.74, 6) is 1.25. The fraction of sp³-hybridized carbons (Fsp3) is 0.545. The maximum Gasteiger partial charge on any atom is 0.410 e. The van der Waals surface area contributed by atoms with Crippen LogP contribution in [0.5, 0.6) is 0 Å². The summed E-state index contributed by atoms with van der Waals surface area (Å²) in [5, 5.41) is 15.1. The lowest BCUT2D eigenvalue weighted by Gasteiger charge is -2.26. The molecule has 2 aliphatic heterocycles. The minimum Gasteiger partial charge on any atom is -0.444 e. The van der Waals surface area contributed by atoms with Gasteiger partial charge in [0.2, 0.25) is 0 Å². The van der Waals surface area contributed by atoms with Crippen LogP contribution in [0.15, 0.2) is 24.5 Å². The summed E-state index contributed by atoms with van der Waals surface area (Å²) in [4.78, 5) is 18.9. The number of methoxy groups -OCH3 is 1. The number of carbonyl (C=O) groups is 1. The predicted octanol–water partition coefficient (Wildman–Crippen LogP) is 3.18. The molecule has 2 saturated heterocycles. The molecule has 2 aliphatic rings. The van der Waals surface area contributed by atoms with E-state index in [4.69, 9.17) is 14.2 Å². The first-order chi connectivity index (χ1) is 16.0. The Bertz CT molecular complexity index is 1120. The first-order valence-electron chi connectivity index (χ1n) is 11.3. The van der Waals surface area contributed by atoms with E-state index < -0.39 is 0 Å². The smallest absolute Gasteiger partial charge is 0.410 e. The molecule has 33 heavy (non-hydrogen) atoms. The van der Waals surface area contributed by atoms with Gasteiger partial charge in [0.25, 0.3) is 0 Å². The van der Waals surface area contributed by atoms with E-state index in [1.54, 1.807) is 24.0 Å². The SMILES string of the molecule is COCc1cc2c(Nc3cc([C@@H]4C[C@H](OC(=O)N5[C@@H](C)CC[C@@H]5C)CO4)[nH]n3)nccn2n1. The average Bonchev–Trinajstić information content (AvgIpc) is 3.56. The summed E-state index contributed by atoms with van der Waals surface area (Å²) in [6.07, 6.45) is 5.33. The Labute approximate surface area is 191 Å². The van der Waals surface area contributed by atoms with Gasteiger partial charge in [-0.25, -0.2) is 14.3 Å². The topological polar surface area (TPSA) is 119 Å². The van der Waals surface area contributed by atoms with Crippen LogP contribution in [0.2, 0.25) is 0 Å². The zero-order chi connectivity index (χ0) is 22.9. The number of anilines is 2. The molecule has 1 amide bonds. The lowest BCUT2D eigenvalue weighted by molar-refractivity contribution is 0.0416. The highest BCUT2D eigenvalue weighted by Crippen LogP contribution is 2.32. The van der Waals surface area contributed by atoms with Gasteiger partial charge in [0.1, 0.15) is 17.7 Å². The molecule has 0 aromatic carbocycles. The predicted molar refractivity (Wildman–Crippen MR) is 119 cm³/mol. The van der Waals surface area contributed by atoms with Crippen LogP contribution in [-0.2, 0) is 20.8 Å². The van der Waals surface area contributed by atoms with E-state index in [1.165, 1.54) is 0 Å². The second-order valence-corrected chi connectivity index (χ2v) is 8.75. The molecule has 2 N–H and O–H groups in total. The van der Waals surface area contributed by atoms with E-state index in [0.717, 1.165) is 29.7 Å². The number of amides is 1. The van der Waals surface area contributed by atoms with Crippen molar-refractivity contribution in [2.24, 2.45) is 0 Å². The van der Waals surface area contributed by atoms with Crippen LogP contribution in [0.4, 0.5) is 16.4 Å². The molecular weight excluding hydrogens is 426 g/mol. The van der Waals surface area contributed by atoms with E-state index in [2.05, 4.69) is 39.4 Å². The standard InChI is InChI=1S/C22H29N7O4/c1-13-4-5-14(2)29(13)22(30)33-16-9-19(32-12-16)17-10-20(26-25-17)24-21-18-8-15(11-31-3)27-28(18)7-6-23-21/h6-8,10,13-14,16,19H,4-5,9,11-12H2,1-3H3,(H2,23,24,25,26)/t13-,14-,16-,19-/m0/s1. The van der Waals surface area contributed by atoms with Crippen molar-refractivity contribution >= 4 is 23.2 Å². The third kappa shape index (κ3) is 4.38. The number of nitrogens with one attached hydrogen (secondary N) is 2. The number of likely N-dealkylation sites (tertiary alicyclic amines) is 1. The van der Waals surface area contributed by atoms with Crippen LogP contribution in [0, 0.1) is 0 Å². The Balaban J connectivity index is 1.22. The monoisotopic (exact) mass is 455 g/mol. The van der Waals surface area contributed by atoms with Crippen LogP contribution >= 0.6 is 0 Å². The molecule has 3 aromatic rings. The Morgan fingerprint density at radius 1 is 1.30 bits per heavy atom. The molecule has 0 aliphatic carbocycles. The van der Waals surface area contributed by atoms with Crippen molar-refractivity contribution < 1.29 is 19.0 Å². The fourth-order valence-corrected chi connectivity index (χ4v) is 4.63.